The number of primary amides is 1. The van der Waals surface area contributed by atoms with E-state index in [2.05, 4.69) is 4.98 Å². The highest BCUT2D eigenvalue weighted by atomic mass is 16.5. The summed E-state index contributed by atoms with van der Waals surface area (Å²) in [5.41, 5.74) is 14.1. The first-order valence-electron chi connectivity index (χ1n) is 7.30. The van der Waals surface area contributed by atoms with E-state index in [-0.39, 0.29) is 0 Å². The number of hydrogen-bond acceptors (Lipinski definition) is 5. The molecule has 0 aliphatic rings. The molecule has 7 heteroatoms. The van der Waals surface area contributed by atoms with Crippen molar-refractivity contribution in [2.45, 2.75) is 6.54 Å². The minimum atomic E-state index is -0.498. The fourth-order valence-electron chi connectivity index (χ4n) is 2.62. The standard InChI is InChI=1S/C17H18N4O3/c1-23-12-5-3-11(15(8-12)24-2)9-21-14-6-4-10(16(18)22)7-13(14)20-17(21)19/h3-8H,9H2,1-2H3,(H2,18,22)(H2,19,20). The predicted molar refractivity (Wildman–Crippen MR) is 91.3 cm³/mol. The molecule has 0 radical (unpaired) electrons. The summed E-state index contributed by atoms with van der Waals surface area (Å²) < 4.78 is 12.5. The zero-order chi connectivity index (χ0) is 17.3. The molecule has 0 bridgehead atoms. The van der Waals surface area contributed by atoms with Gasteiger partial charge in [0.2, 0.25) is 11.9 Å². The Labute approximate surface area is 138 Å². The number of carbonyl (C=O) groups excluding carboxylic acids is 1. The van der Waals surface area contributed by atoms with Gasteiger partial charge in [-0.05, 0) is 30.3 Å². The van der Waals surface area contributed by atoms with E-state index in [0.717, 1.165) is 11.1 Å². The Morgan fingerprint density at radius 2 is 1.96 bits per heavy atom. The lowest BCUT2D eigenvalue weighted by Gasteiger charge is -2.12. The number of ether oxygens (including phenoxy) is 2. The molecule has 0 spiro atoms. The first-order chi connectivity index (χ1) is 11.5. The van der Waals surface area contributed by atoms with Gasteiger partial charge in [0.15, 0.2) is 0 Å². The number of nitrogens with zero attached hydrogens (tertiary/aromatic N) is 2. The minimum Gasteiger partial charge on any atom is -0.497 e. The Morgan fingerprint density at radius 1 is 1.17 bits per heavy atom. The summed E-state index contributed by atoms with van der Waals surface area (Å²) in [7, 11) is 3.21. The molecule has 7 nitrogen and oxygen atoms in total. The number of benzene rings is 2. The molecule has 124 valence electrons. The van der Waals surface area contributed by atoms with Gasteiger partial charge in [-0.1, -0.05) is 0 Å². The van der Waals surface area contributed by atoms with Gasteiger partial charge in [0, 0.05) is 17.2 Å². The second kappa shape index (κ2) is 6.11. The van der Waals surface area contributed by atoms with Crippen LogP contribution < -0.4 is 20.9 Å². The van der Waals surface area contributed by atoms with E-state index in [4.69, 9.17) is 20.9 Å². The Hall–Kier alpha value is -3.22. The third kappa shape index (κ3) is 2.71. The van der Waals surface area contributed by atoms with E-state index in [1.165, 1.54) is 0 Å². The number of carbonyl (C=O) groups is 1. The third-order valence-corrected chi connectivity index (χ3v) is 3.88. The summed E-state index contributed by atoms with van der Waals surface area (Å²) in [6, 6.07) is 10.7. The minimum absolute atomic E-state index is 0.351. The molecule has 1 aromatic heterocycles. The number of rotatable bonds is 5. The highest BCUT2D eigenvalue weighted by Gasteiger charge is 2.13. The van der Waals surface area contributed by atoms with Crippen LogP contribution in [0.1, 0.15) is 15.9 Å². The van der Waals surface area contributed by atoms with Gasteiger partial charge in [-0.2, -0.15) is 0 Å². The van der Waals surface area contributed by atoms with Crippen molar-refractivity contribution < 1.29 is 14.3 Å². The highest BCUT2D eigenvalue weighted by molar-refractivity contribution is 5.96. The molecule has 3 rings (SSSR count). The van der Waals surface area contributed by atoms with Crippen LogP contribution in [0.5, 0.6) is 11.5 Å². The molecule has 4 N–H and O–H groups in total. The molecule has 0 saturated carbocycles. The zero-order valence-corrected chi connectivity index (χ0v) is 13.4. The van der Waals surface area contributed by atoms with Gasteiger partial charge in [0.25, 0.3) is 0 Å². The molecule has 24 heavy (non-hydrogen) atoms. The maximum atomic E-state index is 11.3. The van der Waals surface area contributed by atoms with Gasteiger partial charge in [-0.25, -0.2) is 4.98 Å². The normalized spacial score (nSPS) is 10.8. The van der Waals surface area contributed by atoms with E-state index in [0.29, 0.717) is 35.1 Å². The van der Waals surface area contributed by atoms with Crippen LogP contribution >= 0.6 is 0 Å². The SMILES string of the molecule is COc1ccc(Cn2c(N)nc3cc(C(N)=O)ccc32)c(OC)c1. The summed E-state index contributed by atoms with van der Waals surface area (Å²) in [4.78, 5) is 15.6. The quantitative estimate of drug-likeness (QED) is 0.743. The van der Waals surface area contributed by atoms with Crippen molar-refractivity contribution in [3.8, 4) is 11.5 Å². The van der Waals surface area contributed by atoms with Crippen molar-refractivity contribution in [3.05, 3.63) is 47.5 Å². The lowest BCUT2D eigenvalue weighted by Crippen LogP contribution is -2.10. The number of methoxy groups -OCH3 is 2. The first-order valence-corrected chi connectivity index (χ1v) is 7.30. The summed E-state index contributed by atoms with van der Waals surface area (Å²) in [5.74, 6) is 1.26. The van der Waals surface area contributed by atoms with Gasteiger partial charge in [-0.3, -0.25) is 4.79 Å². The Morgan fingerprint density at radius 3 is 2.62 bits per heavy atom. The molecule has 1 heterocycles. The van der Waals surface area contributed by atoms with E-state index in [9.17, 15) is 4.79 Å². The van der Waals surface area contributed by atoms with Crippen molar-refractivity contribution in [1.29, 1.82) is 0 Å². The number of amides is 1. The van der Waals surface area contributed by atoms with Crippen LogP contribution in [0, 0.1) is 0 Å². The average molecular weight is 326 g/mol. The maximum Gasteiger partial charge on any atom is 0.248 e. The van der Waals surface area contributed by atoms with Gasteiger partial charge in [0.05, 0.1) is 31.8 Å². The van der Waals surface area contributed by atoms with E-state index >= 15 is 0 Å². The van der Waals surface area contributed by atoms with Gasteiger partial charge < -0.3 is 25.5 Å². The summed E-state index contributed by atoms with van der Waals surface area (Å²) >= 11 is 0. The fourth-order valence-corrected chi connectivity index (χ4v) is 2.62. The number of fused-ring (bicyclic) bond motifs is 1. The van der Waals surface area contributed by atoms with Crippen LogP contribution in [0.25, 0.3) is 11.0 Å². The maximum absolute atomic E-state index is 11.3. The zero-order valence-electron chi connectivity index (χ0n) is 13.4. The molecule has 0 fully saturated rings. The van der Waals surface area contributed by atoms with Crippen LogP contribution in [-0.4, -0.2) is 29.7 Å². The van der Waals surface area contributed by atoms with Crippen molar-refractivity contribution in [2.75, 3.05) is 20.0 Å². The topological polar surface area (TPSA) is 105 Å². The Balaban J connectivity index is 2.04. The van der Waals surface area contributed by atoms with Gasteiger partial charge in [-0.15, -0.1) is 0 Å². The number of imidazole rings is 1. The Kier molecular flexibility index (Phi) is 3.99. The van der Waals surface area contributed by atoms with Crippen molar-refractivity contribution in [2.24, 2.45) is 5.73 Å². The lowest BCUT2D eigenvalue weighted by molar-refractivity contribution is 0.100. The van der Waals surface area contributed by atoms with Crippen LogP contribution in [0.2, 0.25) is 0 Å². The largest absolute Gasteiger partial charge is 0.497 e. The number of anilines is 1. The highest BCUT2D eigenvalue weighted by Crippen LogP contribution is 2.28. The van der Waals surface area contributed by atoms with Crippen molar-refractivity contribution in [3.63, 3.8) is 0 Å². The molecule has 2 aromatic carbocycles. The van der Waals surface area contributed by atoms with Crippen molar-refractivity contribution in [1.82, 2.24) is 9.55 Å². The average Bonchev–Trinajstić information content (AvgIpc) is 2.90. The Bertz CT molecular complexity index is 918. The molecular weight excluding hydrogens is 308 g/mol. The van der Waals surface area contributed by atoms with Crippen LogP contribution in [0.3, 0.4) is 0 Å². The van der Waals surface area contributed by atoms with Crippen LogP contribution in [0.15, 0.2) is 36.4 Å². The second-order valence-corrected chi connectivity index (χ2v) is 5.30. The van der Waals surface area contributed by atoms with Gasteiger partial charge in [0.1, 0.15) is 11.5 Å². The molecular formula is C17H18N4O3. The molecule has 0 atom stereocenters. The number of hydrogen-bond donors (Lipinski definition) is 2. The first kappa shape index (κ1) is 15.7. The number of aromatic nitrogens is 2. The summed E-state index contributed by atoms with van der Waals surface area (Å²) in [5, 5.41) is 0. The van der Waals surface area contributed by atoms with Crippen LogP contribution in [0.4, 0.5) is 5.95 Å². The molecule has 0 aliphatic carbocycles. The molecule has 0 aliphatic heterocycles. The van der Waals surface area contributed by atoms with Crippen molar-refractivity contribution >= 4 is 22.9 Å². The lowest BCUT2D eigenvalue weighted by atomic mass is 10.1. The van der Waals surface area contributed by atoms with Crippen LogP contribution in [-0.2, 0) is 6.54 Å². The monoisotopic (exact) mass is 326 g/mol. The number of nitrogens with two attached hydrogens (primary N) is 2. The molecule has 0 saturated heterocycles. The summed E-state index contributed by atoms with van der Waals surface area (Å²) in [6.45, 7) is 0.478. The fraction of sp³-hybridized carbons (Fsp3) is 0.176. The third-order valence-electron chi connectivity index (χ3n) is 3.88. The van der Waals surface area contributed by atoms with E-state index in [1.54, 1.807) is 32.4 Å². The smallest absolute Gasteiger partial charge is 0.248 e. The van der Waals surface area contributed by atoms with E-state index < -0.39 is 5.91 Å². The molecule has 0 unspecified atom stereocenters. The summed E-state index contributed by atoms with van der Waals surface area (Å²) in [6.07, 6.45) is 0. The molecule has 1 amide bonds. The number of nitrogen functional groups attached to an aromatic ring is 1. The predicted octanol–water partition coefficient (Wildman–Crippen LogP) is 1.78. The van der Waals surface area contributed by atoms with Gasteiger partial charge >= 0.3 is 0 Å². The van der Waals surface area contributed by atoms with E-state index in [1.807, 2.05) is 22.8 Å². The second-order valence-electron chi connectivity index (χ2n) is 5.30. The molecule has 3 aromatic rings.